The first-order chi connectivity index (χ1) is 7.32. The molecule has 1 N–H and O–H groups in total. The third-order valence-electron chi connectivity index (χ3n) is 1.49. The molecule has 0 radical (unpaired) electrons. The van der Waals surface area contributed by atoms with Crippen LogP contribution in [0.4, 0.5) is 5.69 Å². The van der Waals surface area contributed by atoms with Gasteiger partial charge in [-0.1, -0.05) is 0 Å². The van der Waals surface area contributed by atoms with E-state index in [2.05, 4.69) is 10.3 Å². The molecule has 0 aliphatic heterocycles. The number of rotatable bonds is 2. The first kappa shape index (κ1) is 12.4. The van der Waals surface area contributed by atoms with Crippen LogP contribution in [0.5, 0.6) is 0 Å². The van der Waals surface area contributed by atoms with Crippen LogP contribution >= 0.6 is 10.7 Å². The number of aromatic nitrogens is 1. The van der Waals surface area contributed by atoms with Crippen LogP contribution in [-0.2, 0) is 13.8 Å². The maximum absolute atomic E-state index is 11.0. The zero-order valence-electron chi connectivity index (χ0n) is 8.06. The predicted molar refractivity (Wildman–Crippen MR) is 56.3 cm³/mol. The molecule has 6 nitrogen and oxygen atoms in total. The van der Waals surface area contributed by atoms with Gasteiger partial charge in [0, 0.05) is 29.4 Å². The summed E-state index contributed by atoms with van der Waals surface area (Å²) in [4.78, 5) is 14.3. The molecule has 0 aromatic carbocycles. The summed E-state index contributed by atoms with van der Waals surface area (Å²) in [5.74, 6) is -0.395. The highest BCUT2D eigenvalue weighted by atomic mass is 35.7. The Balaban J connectivity index is 3.34. The zero-order chi connectivity index (χ0) is 12.3. The number of amides is 1. The molecule has 16 heavy (non-hydrogen) atoms. The normalized spacial score (nSPS) is 10.6. The van der Waals surface area contributed by atoms with E-state index in [0.717, 1.165) is 6.07 Å². The maximum atomic E-state index is 11.0. The summed E-state index contributed by atoms with van der Waals surface area (Å²) in [6, 6.07) is 3.98. The van der Waals surface area contributed by atoms with Gasteiger partial charge in [0.15, 0.2) is 5.03 Å². The minimum absolute atomic E-state index is 0.148. The topological polar surface area (TPSA) is 99.9 Å². The standard InChI is InChI=1S/C8H6ClN3O3S/c1-5(13)11-6-2-7(4-10)12-8(3-6)16(9,14)15/h2-3H,1H3,(H,11,12,13). The van der Waals surface area contributed by atoms with Crippen molar-refractivity contribution in [1.82, 2.24) is 4.98 Å². The van der Waals surface area contributed by atoms with Gasteiger partial charge in [-0.3, -0.25) is 4.79 Å². The summed E-state index contributed by atoms with van der Waals surface area (Å²) in [5.41, 5.74) is 0.00347. The van der Waals surface area contributed by atoms with Gasteiger partial charge in [0.05, 0.1) is 0 Å². The molecule has 8 heteroatoms. The van der Waals surface area contributed by atoms with Crippen LogP contribution in [0.25, 0.3) is 0 Å². The molecule has 0 spiro atoms. The van der Waals surface area contributed by atoms with E-state index in [1.54, 1.807) is 6.07 Å². The zero-order valence-corrected chi connectivity index (χ0v) is 9.63. The van der Waals surface area contributed by atoms with Gasteiger partial charge >= 0.3 is 0 Å². The molecule has 0 atom stereocenters. The Labute approximate surface area is 96.3 Å². The SMILES string of the molecule is CC(=O)Nc1cc(C#N)nc(S(=O)(=O)Cl)c1. The van der Waals surface area contributed by atoms with E-state index in [4.69, 9.17) is 15.9 Å². The Hall–Kier alpha value is -1.65. The number of halogens is 1. The molecule has 0 saturated carbocycles. The Morgan fingerprint density at radius 3 is 2.62 bits per heavy atom. The summed E-state index contributed by atoms with van der Waals surface area (Å²) >= 11 is 0. The Morgan fingerprint density at radius 2 is 2.19 bits per heavy atom. The smallest absolute Gasteiger partial charge is 0.278 e. The van der Waals surface area contributed by atoms with Gasteiger partial charge in [-0.05, 0) is 6.07 Å². The van der Waals surface area contributed by atoms with E-state index in [0.29, 0.717) is 0 Å². The second kappa shape index (κ2) is 4.47. The molecule has 1 rings (SSSR count). The molecular weight excluding hydrogens is 254 g/mol. The van der Waals surface area contributed by atoms with Crippen molar-refractivity contribution in [2.24, 2.45) is 0 Å². The highest BCUT2D eigenvalue weighted by Gasteiger charge is 2.14. The summed E-state index contributed by atoms with van der Waals surface area (Å²) in [6.07, 6.45) is 0. The number of hydrogen-bond donors (Lipinski definition) is 1. The lowest BCUT2D eigenvalue weighted by Gasteiger charge is -2.03. The van der Waals surface area contributed by atoms with E-state index < -0.39 is 20.0 Å². The fraction of sp³-hybridized carbons (Fsp3) is 0.125. The van der Waals surface area contributed by atoms with Crippen molar-refractivity contribution in [2.45, 2.75) is 11.9 Å². The second-order valence-corrected chi connectivity index (χ2v) is 5.32. The van der Waals surface area contributed by atoms with Gasteiger partial charge in [0.25, 0.3) is 9.05 Å². The molecule has 0 aliphatic carbocycles. The van der Waals surface area contributed by atoms with Crippen LogP contribution in [0.1, 0.15) is 12.6 Å². The predicted octanol–water partition coefficient (Wildman–Crippen LogP) is 0.839. The summed E-state index contributed by atoms with van der Waals surface area (Å²) in [5, 5.41) is 10.5. The van der Waals surface area contributed by atoms with Crippen molar-refractivity contribution in [3.63, 3.8) is 0 Å². The van der Waals surface area contributed by atoms with E-state index in [1.165, 1.54) is 13.0 Å². The molecule has 0 bridgehead atoms. The van der Waals surface area contributed by atoms with E-state index in [1.807, 2.05) is 0 Å². The monoisotopic (exact) mass is 259 g/mol. The van der Waals surface area contributed by atoms with E-state index in [-0.39, 0.29) is 11.4 Å². The number of carbonyl (C=O) groups is 1. The van der Waals surface area contributed by atoms with Crippen LogP contribution in [0.15, 0.2) is 17.2 Å². The molecule has 84 valence electrons. The van der Waals surface area contributed by atoms with Gasteiger partial charge < -0.3 is 5.32 Å². The van der Waals surface area contributed by atoms with Crippen molar-refractivity contribution in [3.8, 4) is 6.07 Å². The molecule has 1 aromatic heterocycles. The van der Waals surface area contributed by atoms with Gasteiger partial charge in [0.1, 0.15) is 11.8 Å². The summed E-state index contributed by atoms with van der Waals surface area (Å²) in [6.45, 7) is 1.25. The second-order valence-electron chi connectivity index (χ2n) is 2.81. The van der Waals surface area contributed by atoms with Crippen molar-refractivity contribution >= 4 is 31.3 Å². The van der Waals surface area contributed by atoms with Crippen molar-refractivity contribution in [3.05, 3.63) is 17.8 Å². The van der Waals surface area contributed by atoms with Gasteiger partial charge in [0.2, 0.25) is 5.91 Å². The highest BCUT2D eigenvalue weighted by Crippen LogP contribution is 2.18. The highest BCUT2D eigenvalue weighted by molar-refractivity contribution is 8.13. The van der Waals surface area contributed by atoms with Crippen LogP contribution in [0.3, 0.4) is 0 Å². The molecule has 0 saturated heterocycles. The molecule has 0 aliphatic rings. The lowest BCUT2D eigenvalue weighted by Crippen LogP contribution is -2.08. The lowest BCUT2D eigenvalue weighted by molar-refractivity contribution is -0.114. The van der Waals surface area contributed by atoms with Gasteiger partial charge in [-0.25, -0.2) is 13.4 Å². The number of hydrogen-bond acceptors (Lipinski definition) is 5. The van der Waals surface area contributed by atoms with Crippen molar-refractivity contribution < 1.29 is 13.2 Å². The molecular formula is C8H6ClN3O3S. The average molecular weight is 260 g/mol. The fourth-order valence-corrected chi connectivity index (χ4v) is 1.68. The van der Waals surface area contributed by atoms with Crippen molar-refractivity contribution in [2.75, 3.05) is 5.32 Å². The van der Waals surface area contributed by atoms with Crippen LogP contribution in [0.2, 0.25) is 0 Å². The number of nitriles is 1. The first-order valence-corrected chi connectivity index (χ1v) is 6.28. The Bertz CT molecular complexity index is 577. The summed E-state index contributed by atoms with van der Waals surface area (Å²) in [7, 11) is 1.05. The quantitative estimate of drug-likeness (QED) is 0.793. The first-order valence-electron chi connectivity index (χ1n) is 3.97. The number of nitrogens with one attached hydrogen (secondary N) is 1. The molecule has 0 fully saturated rings. The summed E-state index contributed by atoms with van der Waals surface area (Å²) < 4.78 is 22.0. The minimum Gasteiger partial charge on any atom is -0.326 e. The molecule has 1 amide bonds. The molecule has 0 unspecified atom stereocenters. The van der Waals surface area contributed by atoms with Crippen LogP contribution in [0, 0.1) is 11.3 Å². The number of anilines is 1. The number of nitrogens with zero attached hydrogens (tertiary/aromatic N) is 2. The van der Waals surface area contributed by atoms with Crippen molar-refractivity contribution in [1.29, 1.82) is 5.26 Å². The van der Waals surface area contributed by atoms with Gasteiger partial charge in [-0.2, -0.15) is 5.26 Å². The van der Waals surface area contributed by atoms with E-state index in [9.17, 15) is 13.2 Å². The fourth-order valence-electron chi connectivity index (χ4n) is 0.963. The lowest BCUT2D eigenvalue weighted by atomic mass is 10.3. The molecule has 1 aromatic rings. The Kier molecular flexibility index (Phi) is 3.47. The largest absolute Gasteiger partial charge is 0.326 e. The van der Waals surface area contributed by atoms with E-state index >= 15 is 0 Å². The maximum Gasteiger partial charge on any atom is 0.278 e. The minimum atomic E-state index is -4.04. The van der Waals surface area contributed by atoms with Gasteiger partial charge in [-0.15, -0.1) is 0 Å². The van der Waals surface area contributed by atoms with Crippen LogP contribution < -0.4 is 5.32 Å². The average Bonchev–Trinajstić information content (AvgIpc) is 2.14. The molecule has 1 heterocycles. The number of carbonyl (C=O) groups excluding carboxylic acids is 1. The number of pyridine rings is 1. The Morgan fingerprint density at radius 1 is 1.56 bits per heavy atom. The third-order valence-corrected chi connectivity index (χ3v) is 2.67. The van der Waals surface area contributed by atoms with Crippen LogP contribution in [-0.4, -0.2) is 19.3 Å². The third kappa shape index (κ3) is 3.18.